The zero-order valence-corrected chi connectivity index (χ0v) is 16.0. The first-order chi connectivity index (χ1) is 14.4. The summed E-state index contributed by atoms with van der Waals surface area (Å²) < 4.78 is 19.3. The maximum absolute atomic E-state index is 14.3. The maximum atomic E-state index is 14.3. The summed E-state index contributed by atoms with van der Waals surface area (Å²) in [5.74, 6) is -1.56. The number of nitrogen functional groups attached to an aromatic ring is 1. The van der Waals surface area contributed by atoms with Gasteiger partial charge in [0.05, 0.1) is 24.0 Å². The number of para-hydroxylation sites is 2. The van der Waals surface area contributed by atoms with Crippen molar-refractivity contribution < 1.29 is 18.7 Å². The van der Waals surface area contributed by atoms with Crippen molar-refractivity contribution >= 4 is 29.0 Å². The van der Waals surface area contributed by atoms with Crippen LogP contribution in [0.4, 0.5) is 15.8 Å². The standard InChI is InChI=1S/C22H19FN4O3/c1-30-15-9-6-13(7-10-15)21(28)26-18-4-2-3-5-19(18)27-22(29)16-11-8-14(20(24)25)12-17(16)23/h2-12H,1H3,(H3,24,25)(H,26,28)(H,27,29). The third kappa shape index (κ3) is 4.61. The van der Waals surface area contributed by atoms with E-state index < -0.39 is 11.7 Å². The lowest BCUT2D eigenvalue weighted by Crippen LogP contribution is -2.18. The molecule has 0 spiro atoms. The van der Waals surface area contributed by atoms with E-state index in [-0.39, 0.29) is 22.9 Å². The van der Waals surface area contributed by atoms with Gasteiger partial charge in [0.15, 0.2) is 0 Å². The molecule has 3 aromatic rings. The van der Waals surface area contributed by atoms with Crippen LogP contribution in [-0.2, 0) is 0 Å². The van der Waals surface area contributed by atoms with E-state index in [4.69, 9.17) is 15.9 Å². The van der Waals surface area contributed by atoms with Crippen LogP contribution in [0.3, 0.4) is 0 Å². The first-order valence-electron chi connectivity index (χ1n) is 8.89. The molecule has 0 aliphatic rings. The molecule has 30 heavy (non-hydrogen) atoms. The summed E-state index contributed by atoms with van der Waals surface area (Å²) in [6, 6.07) is 16.8. The highest BCUT2D eigenvalue weighted by Crippen LogP contribution is 2.23. The second-order valence-electron chi connectivity index (χ2n) is 6.29. The van der Waals surface area contributed by atoms with Crippen molar-refractivity contribution in [2.45, 2.75) is 0 Å². The summed E-state index contributed by atoms with van der Waals surface area (Å²) in [5.41, 5.74) is 6.36. The van der Waals surface area contributed by atoms with E-state index in [1.807, 2.05) is 0 Å². The molecule has 2 amide bonds. The van der Waals surface area contributed by atoms with E-state index in [0.717, 1.165) is 6.07 Å². The second-order valence-corrected chi connectivity index (χ2v) is 6.29. The minimum absolute atomic E-state index is 0.177. The lowest BCUT2D eigenvalue weighted by Gasteiger charge is -2.13. The molecular formula is C22H19FN4O3. The number of halogens is 1. The summed E-state index contributed by atoms with van der Waals surface area (Å²) in [5, 5.41) is 12.7. The Morgan fingerprint density at radius 3 is 2.00 bits per heavy atom. The van der Waals surface area contributed by atoms with E-state index in [2.05, 4.69) is 10.6 Å². The van der Waals surface area contributed by atoms with E-state index in [0.29, 0.717) is 22.7 Å². The second kappa shape index (κ2) is 8.87. The number of rotatable bonds is 6. The summed E-state index contributed by atoms with van der Waals surface area (Å²) in [6.45, 7) is 0. The number of amidine groups is 1. The molecule has 152 valence electrons. The van der Waals surface area contributed by atoms with E-state index in [1.54, 1.807) is 48.5 Å². The molecule has 3 aromatic carbocycles. The fourth-order valence-electron chi connectivity index (χ4n) is 2.69. The fourth-order valence-corrected chi connectivity index (χ4v) is 2.69. The number of hydrogen-bond acceptors (Lipinski definition) is 4. The molecule has 0 unspecified atom stereocenters. The number of methoxy groups -OCH3 is 1. The Hall–Kier alpha value is -4.20. The molecule has 0 aromatic heterocycles. The van der Waals surface area contributed by atoms with Gasteiger partial charge in [0.2, 0.25) is 0 Å². The average Bonchev–Trinajstić information content (AvgIpc) is 2.74. The fraction of sp³-hybridized carbons (Fsp3) is 0.0455. The highest BCUT2D eigenvalue weighted by atomic mass is 19.1. The van der Waals surface area contributed by atoms with Crippen LogP contribution in [0, 0.1) is 11.2 Å². The topological polar surface area (TPSA) is 117 Å². The molecule has 3 rings (SSSR count). The van der Waals surface area contributed by atoms with Crippen molar-refractivity contribution in [1.82, 2.24) is 0 Å². The number of hydrogen-bond donors (Lipinski definition) is 4. The van der Waals surface area contributed by atoms with E-state index in [9.17, 15) is 14.0 Å². The molecule has 0 aliphatic carbocycles. The summed E-state index contributed by atoms with van der Waals surface area (Å²) in [6.07, 6.45) is 0. The van der Waals surface area contributed by atoms with Crippen LogP contribution < -0.4 is 21.1 Å². The largest absolute Gasteiger partial charge is 0.497 e. The van der Waals surface area contributed by atoms with Gasteiger partial charge in [-0.1, -0.05) is 18.2 Å². The zero-order chi connectivity index (χ0) is 21.7. The van der Waals surface area contributed by atoms with Crippen LogP contribution in [0.2, 0.25) is 0 Å². The first-order valence-corrected chi connectivity index (χ1v) is 8.89. The van der Waals surface area contributed by atoms with Crippen molar-refractivity contribution in [2.24, 2.45) is 5.73 Å². The minimum atomic E-state index is -0.806. The summed E-state index contributed by atoms with van der Waals surface area (Å²) >= 11 is 0. The van der Waals surface area contributed by atoms with Crippen molar-refractivity contribution in [3.8, 4) is 5.75 Å². The van der Waals surface area contributed by atoms with Crippen molar-refractivity contribution in [2.75, 3.05) is 17.7 Å². The maximum Gasteiger partial charge on any atom is 0.258 e. The number of anilines is 2. The monoisotopic (exact) mass is 406 g/mol. The smallest absolute Gasteiger partial charge is 0.258 e. The van der Waals surface area contributed by atoms with Gasteiger partial charge in [-0.2, -0.15) is 0 Å². The number of carbonyl (C=O) groups is 2. The highest BCUT2D eigenvalue weighted by Gasteiger charge is 2.16. The molecule has 7 nitrogen and oxygen atoms in total. The number of amides is 2. The molecule has 0 radical (unpaired) electrons. The molecule has 0 bridgehead atoms. The minimum Gasteiger partial charge on any atom is -0.497 e. The van der Waals surface area contributed by atoms with Gasteiger partial charge in [-0.15, -0.1) is 0 Å². The number of nitrogens with two attached hydrogens (primary N) is 1. The van der Waals surface area contributed by atoms with Gasteiger partial charge in [0.25, 0.3) is 11.8 Å². The molecule has 8 heteroatoms. The normalized spacial score (nSPS) is 10.2. The van der Waals surface area contributed by atoms with Crippen molar-refractivity contribution in [3.05, 3.63) is 89.2 Å². The van der Waals surface area contributed by atoms with Crippen LogP contribution >= 0.6 is 0 Å². The third-order valence-corrected chi connectivity index (χ3v) is 4.30. The lowest BCUT2D eigenvalue weighted by atomic mass is 10.1. The summed E-state index contributed by atoms with van der Waals surface area (Å²) in [7, 11) is 1.53. The third-order valence-electron chi connectivity index (χ3n) is 4.30. The predicted molar refractivity (Wildman–Crippen MR) is 113 cm³/mol. The van der Waals surface area contributed by atoms with Gasteiger partial charge >= 0.3 is 0 Å². The van der Waals surface area contributed by atoms with Gasteiger partial charge in [-0.3, -0.25) is 15.0 Å². The van der Waals surface area contributed by atoms with Crippen LogP contribution in [0.15, 0.2) is 66.7 Å². The Balaban J connectivity index is 1.78. The van der Waals surface area contributed by atoms with Crippen molar-refractivity contribution in [1.29, 1.82) is 5.41 Å². The molecule has 0 fully saturated rings. The van der Waals surface area contributed by atoms with Crippen molar-refractivity contribution in [3.63, 3.8) is 0 Å². The van der Waals surface area contributed by atoms with Gasteiger partial charge in [0, 0.05) is 11.1 Å². The first kappa shape index (κ1) is 20.5. The molecule has 0 atom stereocenters. The Labute approximate surface area is 172 Å². The molecule has 0 saturated carbocycles. The molecule has 5 N–H and O–H groups in total. The number of carbonyl (C=O) groups excluding carboxylic acids is 2. The SMILES string of the molecule is COc1ccc(C(=O)Nc2ccccc2NC(=O)c2ccc(C(=N)N)cc2F)cc1. The predicted octanol–water partition coefficient (Wildman–Crippen LogP) is 3.62. The number of ether oxygens (including phenoxy) is 1. The van der Waals surface area contributed by atoms with Gasteiger partial charge < -0.3 is 21.1 Å². The van der Waals surface area contributed by atoms with Crippen LogP contribution in [-0.4, -0.2) is 24.8 Å². The quantitative estimate of drug-likeness (QED) is 0.369. The Kier molecular flexibility index (Phi) is 6.07. The summed E-state index contributed by atoms with van der Waals surface area (Å²) in [4.78, 5) is 25.1. The Morgan fingerprint density at radius 1 is 0.900 bits per heavy atom. The Bertz CT molecular complexity index is 1110. The molecule has 0 heterocycles. The highest BCUT2D eigenvalue weighted by molar-refractivity contribution is 6.10. The zero-order valence-electron chi connectivity index (χ0n) is 16.0. The van der Waals surface area contributed by atoms with Crippen LogP contribution in [0.1, 0.15) is 26.3 Å². The van der Waals surface area contributed by atoms with Crippen LogP contribution in [0.5, 0.6) is 5.75 Å². The average molecular weight is 406 g/mol. The van der Waals surface area contributed by atoms with Gasteiger partial charge in [-0.25, -0.2) is 4.39 Å². The van der Waals surface area contributed by atoms with Gasteiger partial charge in [-0.05, 0) is 48.5 Å². The van der Waals surface area contributed by atoms with Gasteiger partial charge in [0.1, 0.15) is 17.4 Å². The lowest BCUT2D eigenvalue weighted by molar-refractivity contribution is 0.101. The number of nitrogens with one attached hydrogen (secondary N) is 3. The van der Waals surface area contributed by atoms with E-state index in [1.165, 1.54) is 19.2 Å². The molecule has 0 saturated heterocycles. The number of benzene rings is 3. The Morgan fingerprint density at radius 2 is 1.47 bits per heavy atom. The molecular weight excluding hydrogens is 387 g/mol. The van der Waals surface area contributed by atoms with E-state index >= 15 is 0 Å². The molecule has 0 aliphatic heterocycles. The van der Waals surface area contributed by atoms with Crippen LogP contribution in [0.25, 0.3) is 0 Å².